The van der Waals surface area contributed by atoms with E-state index in [4.69, 9.17) is 10.5 Å². The topological polar surface area (TPSA) is 35.2 Å². The third kappa shape index (κ3) is 3.08. The zero-order chi connectivity index (χ0) is 10.6. The highest BCUT2D eigenvalue weighted by Crippen LogP contribution is 2.25. The van der Waals surface area contributed by atoms with E-state index < -0.39 is 0 Å². The summed E-state index contributed by atoms with van der Waals surface area (Å²) in [5, 5.41) is 0. The van der Waals surface area contributed by atoms with E-state index in [-0.39, 0.29) is 12.2 Å². The second kappa shape index (κ2) is 5.49. The van der Waals surface area contributed by atoms with Crippen LogP contribution >= 0.6 is 15.9 Å². The van der Waals surface area contributed by atoms with Crippen molar-refractivity contribution in [1.82, 2.24) is 0 Å². The lowest BCUT2D eigenvalue weighted by Gasteiger charge is -2.20. The zero-order valence-electron chi connectivity index (χ0n) is 8.53. The number of halogens is 1. The lowest BCUT2D eigenvalue weighted by Crippen LogP contribution is -2.19. The molecule has 1 aromatic carbocycles. The highest BCUT2D eigenvalue weighted by molar-refractivity contribution is 9.10. The van der Waals surface area contributed by atoms with E-state index in [1.807, 2.05) is 38.1 Å². The molecule has 1 aromatic rings. The largest absolute Gasteiger partial charge is 0.370 e. The molecule has 2 N–H and O–H groups in total. The second-order valence-electron chi connectivity index (χ2n) is 3.43. The van der Waals surface area contributed by atoms with Crippen molar-refractivity contribution < 1.29 is 4.74 Å². The number of hydrogen-bond donors (Lipinski definition) is 1. The van der Waals surface area contributed by atoms with Crippen molar-refractivity contribution in [3.05, 3.63) is 34.3 Å². The van der Waals surface area contributed by atoms with Crippen molar-refractivity contribution in [2.75, 3.05) is 6.54 Å². The van der Waals surface area contributed by atoms with Gasteiger partial charge in [0.1, 0.15) is 0 Å². The van der Waals surface area contributed by atoms with Crippen LogP contribution in [0.2, 0.25) is 0 Å². The number of hydrogen-bond acceptors (Lipinski definition) is 2. The van der Waals surface area contributed by atoms with Gasteiger partial charge in [0.25, 0.3) is 0 Å². The molecule has 0 bridgehead atoms. The van der Waals surface area contributed by atoms with Gasteiger partial charge in [-0.25, -0.2) is 0 Å². The summed E-state index contributed by atoms with van der Waals surface area (Å²) < 4.78 is 6.76. The van der Waals surface area contributed by atoms with E-state index in [1.54, 1.807) is 0 Å². The maximum atomic E-state index is 5.71. The monoisotopic (exact) mass is 257 g/mol. The number of ether oxygens (including phenoxy) is 1. The molecule has 0 radical (unpaired) electrons. The van der Waals surface area contributed by atoms with Gasteiger partial charge in [0.05, 0.1) is 12.2 Å². The first-order chi connectivity index (χ1) is 6.65. The Hall–Kier alpha value is -0.380. The van der Waals surface area contributed by atoms with E-state index >= 15 is 0 Å². The Labute approximate surface area is 93.6 Å². The summed E-state index contributed by atoms with van der Waals surface area (Å²) in [6.45, 7) is 4.53. The molecular weight excluding hydrogens is 242 g/mol. The van der Waals surface area contributed by atoms with Gasteiger partial charge in [-0.2, -0.15) is 0 Å². The fourth-order valence-electron chi connectivity index (χ4n) is 1.32. The van der Waals surface area contributed by atoms with Crippen molar-refractivity contribution in [3.63, 3.8) is 0 Å². The third-order valence-electron chi connectivity index (χ3n) is 1.90. The Morgan fingerprint density at radius 1 is 1.36 bits per heavy atom. The summed E-state index contributed by atoms with van der Waals surface area (Å²) in [5.74, 6) is 0. The molecule has 0 fully saturated rings. The van der Waals surface area contributed by atoms with E-state index in [0.29, 0.717) is 6.54 Å². The number of nitrogens with two attached hydrogens (primary N) is 1. The summed E-state index contributed by atoms with van der Waals surface area (Å²) in [4.78, 5) is 0. The normalized spacial score (nSPS) is 13.2. The molecule has 1 rings (SSSR count). The molecule has 0 saturated heterocycles. The first kappa shape index (κ1) is 11.7. The summed E-state index contributed by atoms with van der Waals surface area (Å²) in [7, 11) is 0. The van der Waals surface area contributed by atoms with Crippen LogP contribution in [0.4, 0.5) is 0 Å². The van der Waals surface area contributed by atoms with E-state index in [2.05, 4.69) is 15.9 Å². The van der Waals surface area contributed by atoms with Gasteiger partial charge in [-0.05, 0) is 25.5 Å². The Kier molecular flexibility index (Phi) is 4.58. The fourth-order valence-corrected chi connectivity index (χ4v) is 1.86. The first-order valence-electron chi connectivity index (χ1n) is 4.75. The quantitative estimate of drug-likeness (QED) is 0.901. The molecule has 0 aliphatic heterocycles. The Morgan fingerprint density at radius 3 is 2.50 bits per heavy atom. The number of benzene rings is 1. The molecule has 2 nitrogen and oxygen atoms in total. The van der Waals surface area contributed by atoms with Crippen molar-refractivity contribution in [3.8, 4) is 0 Å². The first-order valence-corrected chi connectivity index (χ1v) is 5.54. The molecule has 14 heavy (non-hydrogen) atoms. The smallest absolute Gasteiger partial charge is 0.0961 e. The molecule has 0 aliphatic carbocycles. The molecule has 1 atom stereocenters. The van der Waals surface area contributed by atoms with Crippen LogP contribution in [0.5, 0.6) is 0 Å². The SMILES string of the molecule is CC(C)OC(CN)c1ccccc1Br. The molecule has 1 unspecified atom stereocenters. The van der Waals surface area contributed by atoms with Gasteiger partial charge in [0, 0.05) is 11.0 Å². The fraction of sp³-hybridized carbons (Fsp3) is 0.455. The minimum absolute atomic E-state index is 0.0226. The van der Waals surface area contributed by atoms with Crippen LogP contribution in [0.25, 0.3) is 0 Å². The van der Waals surface area contributed by atoms with Crippen LogP contribution in [-0.2, 0) is 4.74 Å². The van der Waals surface area contributed by atoms with E-state index in [9.17, 15) is 0 Å². The van der Waals surface area contributed by atoms with Crippen LogP contribution in [0, 0.1) is 0 Å². The van der Waals surface area contributed by atoms with Crippen LogP contribution in [0.1, 0.15) is 25.5 Å². The van der Waals surface area contributed by atoms with Crippen molar-refractivity contribution in [1.29, 1.82) is 0 Å². The summed E-state index contributed by atoms with van der Waals surface area (Å²) >= 11 is 3.49. The van der Waals surface area contributed by atoms with Gasteiger partial charge in [0.15, 0.2) is 0 Å². The third-order valence-corrected chi connectivity index (χ3v) is 2.62. The van der Waals surface area contributed by atoms with Gasteiger partial charge in [-0.15, -0.1) is 0 Å². The molecule has 0 spiro atoms. The second-order valence-corrected chi connectivity index (χ2v) is 4.29. The van der Waals surface area contributed by atoms with Crippen molar-refractivity contribution >= 4 is 15.9 Å². The van der Waals surface area contributed by atoms with Gasteiger partial charge in [-0.3, -0.25) is 0 Å². The van der Waals surface area contributed by atoms with Gasteiger partial charge in [0.2, 0.25) is 0 Å². The standard InChI is InChI=1S/C11H16BrNO/c1-8(2)14-11(7-13)9-5-3-4-6-10(9)12/h3-6,8,11H,7,13H2,1-2H3. The lowest BCUT2D eigenvalue weighted by molar-refractivity contribution is 0.0116. The minimum atomic E-state index is -0.0226. The highest BCUT2D eigenvalue weighted by Gasteiger charge is 2.13. The molecule has 0 amide bonds. The maximum absolute atomic E-state index is 5.71. The van der Waals surface area contributed by atoms with Crippen LogP contribution < -0.4 is 5.73 Å². The summed E-state index contributed by atoms with van der Waals surface area (Å²) in [5.41, 5.74) is 6.79. The Balaban J connectivity index is 2.83. The summed E-state index contributed by atoms with van der Waals surface area (Å²) in [6.07, 6.45) is 0.168. The molecule has 78 valence electrons. The molecule has 0 saturated carbocycles. The van der Waals surface area contributed by atoms with Crippen LogP contribution in [-0.4, -0.2) is 12.6 Å². The minimum Gasteiger partial charge on any atom is -0.370 e. The van der Waals surface area contributed by atoms with Crippen molar-refractivity contribution in [2.24, 2.45) is 5.73 Å². The Bertz CT molecular complexity index is 288. The van der Waals surface area contributed by atoms with Crippen LogP contribution in [0.15, 0.2) is 28.7 Å². The summed E-state index contributed by atoms with van der Waals surface area (Å²) in [6, 6.07) is 8.01. The average Bonchev–Trinajstić information content (AvgIpc) is 2.15. The molecule has 0 aliphatic rings. The van der Waals surface area contributed by atoms with Crippen LogP contribution in [0.3, 0.4) is 0 Å². The van der Waals surface area contributed by atoms with Crippen molar-refractivity contribution in [2.45, 2.75) is 26.1 Å². The van der Waals surface area contributed by atoms with Gasteiger partial charge >= 0.3 is 0 Å². The van der Waals surface area contributed by atoms with E-state index in [1.165, 1.54) is 0 Å². The predicted octanol–water partition coefficient (Wildman–Crippen LogP) is 2.87. The lowest BCUT2D eigenvalue weighted by atomic mass is 10.1. The molecule has 0 aromatic heterocycles. The van der Waals surface area contributed by atoms with Gasteiger partial charge in [-0.1, -0.05) is 34.1 Å². The van der Waals surface area contributed by atoms with Gasteiger partial charge < -0.3 is 10.5 Å². The Morgan fingerprint density at radius 2 is 2.00 bits per heavy atom. The number of rotatable bonds is 4. The zero-order valence-corrected chi connectivity index (χ0v) is 10.1. The predicted molar refractivity (Wildman–Crippen MR) is 62.2 cm³/mol. The average molecular weight is 258 g/mol. The molecular formula is C11H16BrNO. The molecule has 3 heteroatoms. The molecule has 0 heterocycles. The maximum Gasteiger partial charge on any atom is 0.0961 e. The highest BCUT2D eigenvalue weighted by atomic mass is 79.9. The van der Waals surface area contributed by atoms with E-state index in [0.717, 1.165) is 10.0 Å².